The van der Waals surface area contributed by atoms with Gasteiger partial charge in [0.1, 0.15) is 29.2 Å². The maximum atomic E-state index is 13.8. The van der Waals surface area contributed by atoms with Gasteiger partial charge < -0.3 is 10.1 Å². The Morgan fingerprint density at radius 1 is 0.903 bits per heavy atom. The Kier molecular flexibility index (Phi) is 5.66. The van der Waals surface area contributed by atoms with E-state index in [1.54, 1.807) is 24.3 Å². The lowest BCUT2D eigenvalue weighted by molar-refractivity contribution is -0.137. The molecule has 0 atom stereocenters. The van der Waals surface area contributed by atoms with Crippen LogP contribution in [-0.4, -0.2) is 21.5 Å². The zero-order valence-corrected chi connectivity index (χ0v) is 16.0. The van der Waals surface area contributed by atoms with E-state index < -0.39 is 17.6 Å². The van der Waals surface area contributed by atoms with Crippen LogP contribution in [0.4, 0.5) is 23.4 Å². The molecular formula is C22H16F4N4O. The summed E-state index contributed by atoms with van der Waals surface area (Å²) in [6.07, 6.45) is -1.72. The van der Waals surface area contributed by atoms with Gasteiger partial charge in [0, 0.05) is 24.2 Å². The summed E-state index contributed by atoms with van der Waals surface area (Å²) >= 11 is 0. The Balaban J connectivity index is 1.35. The van der Waals surface area contributed by atoms with Crippen molar-refractivity contribution in [2.24, 2.45) is 0 Å². The van der Waals surface area contributed by atoms with E-state index in [1.807, 2.05) is 12.1 Å². The number of hydrogen-bond acceptors (Lipinski definition) is 5. The number of aromatic nitrogens is 3. The number of fused-ring (bicyclic) bond motifs is 1. The molecule has 0 bridgehead atoms. The highest BCUT2D eigenvalue weighted by Crippen LogP contribution is 2.30. The molecule has 5 nitrogen and oxygen atoms in total. The van der Waals surface area contributed by atoms with Crippen LogP contribution >= 0.6 is 0 Å². The van der Waals surface area contributed by atoms with Gasteiger partial charge in [0.2, 0.25) is 5.88 Å². The number of anilines is 1. The Morgan fingerprint density at radius 2 is 1.71 bits per heavy atom. The third-order valence-corrected chi connectivity index (χ3v) is 4.53. The number of alkyl halides is 3. The second kappa shape index (κ2) is 8.55. The predicted octanol–water partition coefficient (Wildman–Crippen LogP) is 5.63. The fourth-order valence-corrected chi connectivity index (χ4v) is 2.97. The standard InChI is InChI=1S/C22H16F4N4O/c23-18-3-1-2-17-20(18)29-13-30-21(17)27-11-10-14-4-7-16(8-5-14)31-19-9-6-15(12-28-19)22(24,25)26/h1-9,12-13H,10-11H2,(H,27,29,30). The Labute approximate surface area is 174 Å². The largest absolute Gasteiger partial charge is 0.439 e. The van der Waals surface area contributed by atoms with E-state index in [2.05, 4.69) is 20.3 Å². The van der Waals surface area contributed by atoms with Crippen molar-refractivity contribution in [1.82, 2.24) is 15.0 Å². The molecule has 2 aromatic carbocycles. The highest BCUT2D eigenvalue weighted by atomic mass is 19.4. The summed E-state index contributed by atoms with van der Waals surface area (Å²) in [7, 11) is 0. The highest BCUT2D eigenvalue weighted by molar-refractivity contribution is 5.89. The minimum Gasteiger partial charge on any atom is -0.439 e. The molecule has 2 aromatic heterocycles. The normalized spacial score (nSPS) is 11.5. The first-order valence-corrected chi connectivity index (χ1v) is 9.33. The lowest BCUT2D eigenvalue weighted by Gasteiger charge is -2.10. The predicted molar refractivity (Wildman–Crippen MR) is 107 cm³/mol. The summed E-state index contributed by atoms with van der Waals surface area (Å²) < 4.78 is 57.1. The number of ether oxygens (including phenoxy) is 1. The average molecular weight is 428 g/mol. The summed E-state index contributed by atoms with van der Waals surface area (Å²) in [5.41, 5.74) is 0.435. The molecule has 4 aromatic rings. The highest BCUT2D eigenvalue weighted by Gasteiger charge is 2.30. The second-order valence-electron chi connectivity index (χ2n) is 6.66. The van der Waals surface area contributed by atoms with Crippen LogP contribution in [0.3, 0.4) is 0 Å². The Hall–Kier alpha value is -3.75. The van der Waals surface area contributed by atoms with E-state index in [-0.39, 0.29) is 11.4 Å². The molecule has 158 valence electrons. The first kappa shape index (κ1) is 20.5. The van der Waals surface area contributed by atoms with Crippen molar-refractivity contribution < 1.29 is 22.3 Å². The van der Waals surface area contributed by atoms with Gasteiger partial charge in [-0.2, -0.15) is 13.2 Å². The van der Waals surface area contributed by atoms with Crippen LogP contribution in [0.15, 0.2) is 67.1 Å². The van der Waals surface area contributed by atoms with Crippen molar-refractivity contribution >= 4 is 16.7 Å². The minimum atomic E-state index is -4.44. The van der Waals surface area contributed by atoms with Gasteiger partial charge in [-0.3, -0.25) is 0 Å². The molecule has 1 N–H and O–H groups in total. The van der Waals surface area contributed by atoms with Gasteiger partial charge in [-0.25, -0.2) is 19.3 Å². The molecule has 0 amide bonds. The van der Waals surface area contributed by atoms with Crippen LogP contribution in [0.1, 0.15) is 11.1 Å². The first-order chi connectivity index (χ1) is 14.9. The SMILES string of the molecule is Fc1cccc2c(NCCc3ccc(Oc4ccc(C(F)(F)F)cn4)cc3)ncnc12. The van der Waals surface area contributed by atoms with Crippen LogP contribution < -0.4 is 10.1 Å². The van der Waals surface area contributed by atoms with Gasteiger partial charge in [0.05, 0.1) is 5.56 Å². The lowest BCUT2D eigenvalue weighted by atomic mass is 10.1. The molecule has 0 aliphatic carbocycles. The summed E-state index contributed by atoms with van der Waals surface area (Å²) in [5.74, 6) is 0.686. The molecule has 0 radical (unpaired) electrons. The minimum absolute atomic E-state index is 0.0743. The maximum Gasteiger partial charge on any atom is 0.417 e. The molecule has 0 aliphatic heterocycles. The monoisotopic (exact) mass is 428 g/mol. The topological polar surface area (TPSA) is 59.9 Å². The average Bonchev–Trinajstić information content (AvgIpc) is 2.75. The van der Waals surface area contributed by atoms with Gasteiger partial charge in [-0.15, -0.1) is 0 Å². The number of benzene rings is 2. The van der Waals surface area contributed by atoms with E-state index >= 15 is 0 Å². The van der Waals surface area contributed by atoms with Crippen LogP contribution in [0, 0.1) is 5.82 Å². The number of para-hydroxylation sites is 1. The first-order valence-electron chi connectivity index (χ1n) is 9.33. The van der Waals surface area contributed by atoms with Crippen LogP contribution in [0.5, 0.6) is 11.6 Å². The molecule has 31 heavy (non-hydrogen) atoms. The number of rotatable bonds is 6. The van der Waals surface area contributed by atoms with Crippen LogP contribution in [-0.2, 0) is 12.6 Å². The van der Waals surface area contributed by atoms with E-state index in [9.17, 15) is 17.6 Å². The number of nitrogens with one attached hydrogen (secondary N) is 1. The van der Waals surface area contributed by atoms with Gasteiger partial charge in [0.15, 0.2) is 0 Å². The second-order valence-corrected chi connectivity index (χ2v) is 6.66. The van der Waals surface area contributed by atoms with Gasteiger partial charge in [0.25, 0.3) is 0 Å². The van der Waals surface area contributed by atoms with Crippen molar-refractivity contribution in [3.05, 3.63) is 84.1 Å². The lowest BCUT2D eigenvalue weighted by Crippen LogP contribution is -2.07. The molecule has 0 saturated carbocycles. The number of hydrogen-bond donors (Lipinski definition) is 1. The zero-order valence-electron chi connectivity index (χ0n) is 16.0. The van der Waals surface area contributed by atoms with Crippen molar-refractivity contribution in [3.8, 4) is 11.6 Å². The van der Waals surface area contributed by atoms with Gasteiger partial charge >= 0.3 is 6.18 Å². The molecule has 0 aliphatic rings. The summed E-state index contributed by atoms with van der Waals surface area (Å²) in [6.45, 7) is 0.559. The van der Waals surface area contributed by atoms with Crippen molar-refractivity contribution in [2.45, 2.75) is 12.6 Å². The van der Waals surface area contributed by atoms with Crippen LogP contribution in [0.2, 0.25) is 0 Å². The molecule has 0 fully saturated rings. The zero-order chi connectivity index (χ0) is 21.8. The van der Waals surface area contributed by atoms with Crippen molar-refractivity contribution in [3.63, 3.8) is 0 Å². The quantitative estimate of drug-likeness (QED) is 0.404. The molecule has 2 heterocycles. The summed E-state index contributed by atoms with van der Waals surface area (Å²) in [6, 6.07) is 13.9. The van der Waals surface area contributed by atoms with Crippen molar-refractivity contribution in [2.75, 3.05) is 11.9 Å². The molecule has 0 saturated heterocycles. The fraction of sp³-hybridized carbons (Fsp3) is 0.136. The fourth-order valence-electron chi connectivity index (χ4n) is 2.97. The molecule has 9 heteroatoms. The molecule has 4 rings (SSSR count). The smallest absolute Gasteiger partial charge is 0.417 e. The number of pyridine rings is 1. The Bertz CT molecular complexity index is 1180. The number of nitrogens with zero attached hydrogens (tertiary/aromatic N) is 3. The molecular weight excluding hydrogens is 412 g/mol. The van der Waals surface area contributed by atoms with Crippen molar-refractivity contribution in [1.29, 1.82) is 0 Å². The maximum absolute atomic E-state index is 13.8. The number of halogens is 4. The Morgan fingerprint density at radius 3 is 2.42 bits per heavy atom. The molecule has 0 unspecified atom stereocenters. The molecule has 0 spiro atoms. The van der Waals surface area contributed by atoms with Gasteiger partial charge in [-0.05, 0) is 42.3 Å². The third-order valence-electron chi connectivity index (χ3n) is 4.53. The van der Waals surface area contributed by atoms with E-state index in [4.69, 9.17) is 4.74 Å². The van der Waals surface area contributed by atoms with Crippen LogP contribution in [0.25, 0.3) is 10.9 Å². The van der Waals surface area contributed by atoms with E-state index in [0.717, 1.165) is 17.8 Å². The third kappa shape index (κ3) is 4.88. The van der Waals surface area contributed by atoms with Gasteiger partial charge in [-0.1, -0.05) is 18.2 Å². The summed E-state index contributed by atoms with van der Waals surface area (Å²) in [5, 5.41) is 3.79. The summed E-state index contributed by atoms with van der Waals surface area (Å²) in [4.78, 5) is 11.8. The van der Waals surface area contributed by atoms with E-state index in [0.29, 0.717) is 29.9 Å². The van der Waals surface area contributed by atoms with E-state index in [1.165, 1.54) is 18.5 Å².